The van der Waals surface area contributed by atoms with Gasteiger partial charge in [0.2, 0.25) is 0 Å². The Kier molecular flexibility index (Phi) is 12.1. The fourth-order valence-corrected chi connectivity index (χ4v) is 2.83. The van der Waals surface area contributed by atoms with Crippen LogP contribution in [0.4, 0.5) is 0 Å². The molecule has 0 saturated heterocycles. The molecule has 2 rings (SSSR count). The van der Waals surface area contributed by atoms with Crippen LogP contribution >= 0.6 is 24.0 Å². The van der Waals surface area contributed by atoms with Crippen LogP contribution in [0, 0.1) is 0 Å². The third-order valence-electron chi connectivity index (χ3n) is 4.29. The Morgan fingerprint density at radius 2 is 1.69 bits per heavy atom. The fraction of sp³-hybridized carbons (Fsp3) is 0.409. The summed E-state index contributed by atoms with van der Waals surface area (Å²) in [4.78, 5) is 6.97. The molecule has 0 radical (unpaired) electrons. The van der Waals surface area contributed by atoms with Crippen LogP contribution in [0.1, 0.15) is 18.1 Å². The summed E-state index contributed by atoms with van der Waals surface area (Å²) < 4.78 is 10.6. The first-order valence-electron chi connectivity index (χ1n) is 9.61. The molecule has 0 fully saturated rings. The second-order valence-corrected chi connectivity index (χ2v) is 6.53. The first-order valence-corrected chi connectivity index (χ1v) is 9.61. The lowest BCUT2D eigenvalue weighted by Gasteiger charge is -2.18. The van der Waals surface area contributed by atoms with Crippen LogP contribution in [0.5, 0.6) is 11.5 Å². The number of nitrogens with zero attached hydrogens (tertiary/aromatic N) is 2. The Morgan fingerprint density at radius 3 is 2.34 bits per heavy atom. The van der Waals surface area contributed by atoms with Crippen LogP contribution in [-0.2, 0) is 13.1 Å². The molecular formula is C22H33IN4O2. The summed E-state index contributed by atoms with van der Waals surface area (Å²) >= 11 is 0. The highest BCUT2D eigenvalue weighted by atomic mass is 127. The van der Waals surface area contributed by atoms with E-state index in [0.29, 0.717) is 6.54 Å². The zero-order valence-electron chi connectivity index (χ0n) is 17.8. The van der Waals surface area contributed by atoms with Gasteiger partial charge in [0.15, 0.2) is 17.5 Å². The van der Waals surface area contributed by atoms with Crippen molar-refractivity contribution >= 4 is 29.9 Å². The minimum Gasteiger partial charge on any atom is -0.493 e. The molecule has 7 heteroatoms. The fourth-order valence-electron chi connectivity index (χ4n) is 2.83. The molecule has 0 atom stereocenters. The molecular weight excluding hydrogens is 479 g/mol. The number of halogens is 1. The van der Waals surface area contributed by atoms with Gasteiger partial charge in [0.05, 0.1) is 20.8 Å². The Balaban J connectivity index is 0.00000420. The number of likely N-dealkylation sites (N-methyl/N-ethyl adjacent to an activating group) is 1. The normalized spacial score (nSPS) is 11.0. The van der Waals surface area contributed by atoms with E-state index in [2.05, 4.69) is 58.8 Å². The van der Waals surface area contributed by atoms with Gasteiger partial charge in [-0.15, -0.1) is 24.0 Å². The highest BCUT2D eigenvalue weighted by Crippen LogP contribution is 2.27. The van der Waals surface area contributed by atoms with Gasteiger partial charge in [0, 0.05) is 26.2 Å². The number of hydrogen-bond acceptors (Lipinski definition) is 4. The Bertz CT molecular complexity index is 741. The van der Waals surface area contributed by atoms with E-state index >= 15 is 0 Å². The lowest BCUT2D eigenvalue weighted by molar-refractivity contribution is 0.331. The van der Waals surface area contributed by atoms with E-state index in [1.807, 2.05) is 24.3 Å². The third kappa shape index (κ3) is 8.91. The first kappa shape index (κ1) is 25.0. The molecule has 2 N–H and O–H groups in total. The van der Waals surface area contributed by atoms with Gasteiger partial charge in [0.25, 0.3) is 0 Å². The molecule has 0 aromatic heterocycles. The molecule has 0 spiro atoms. The average Bonchev–Trinajstić information content (AvgIpc) is 2.72. The van der Waals surface area contributed by atoms with Crippen LogP contribution in [0.2, 0.25) is 0 Å². The zero-order chi connectivity index (χ0) is 20.2. The summed E-state index contributed by atoms with van der Waals surface area (Å²) in [5, 5.41) is 6.69. The van der Waals surface area contributed by atoms with Crippen LogP contribution < -0.4 is 20.1 Å². The Hall–Kier alpha value is -2.00. The van der Waals surface area contributed by atoms with Gasteiger partial charge in [-0.05, 0) is 37.2 Å². The van der Waals surface area contributed by atoms with Crippen molar-refractivity contribution in [3.8, 4) is 11.5 Å². The minimum absolute atomic E-state index is 0. The highest BCUT2D eigenvalue weighted by molar-refractivity contribution is 14.0. The number of methoxy groups -OCH3 is 2. The van der Waals surface area contributed by atoms with Crippen molar-refractivity contribution in [2.24, 2.45) is 4.99 Å². The summed E-state index contributed by atoms with van der Waals surface area (Å²) in [6, 6.07) is 16.4. The summed E-state index contributed by atoms with van der Waals surface area (Å²) in [5.74, 6) is 2.25. The van der Waals surface area contributed by atoms with Crippen molar-refractivity contribution in [1.29, 1.82) is 0 Å². The SMILES string of the molecule is CCNC(=NCc1ccc(OC)c(OC)c1)NCCN(C)Cc1ccccc1.I. The number of rotatable bonds is 10. The molecule has 0 saturated carbocycles. The second-order valence-electron chi connectivity index (χ2n) is 6.53. The molecule has 2 aromatic carbocycles. The van der Waals surface area contributed by atoms with E-state index in [-0.39, 0.29) is 24.0 Å². The van der Waals surface area contributed by atoms with Crippen LogP contribution in [0.3, 0.4) is 0 Å². The van der Waals surface area contributed by atoms with Gasteiger partial charge in [0.1, 0.15) is 0 Å². The van der Waals surface area contributed by atoms with Gasteiger partial charge >= 0.3 is 0 Å². The van der Waals surface area contributed by atoms with Crippen molar-refractivity contribution in [3.05, 3.63) is 59.7 Å². The van der Waals surface area contributed by atoms with Gasteiger partial charge in [-0.25, -0.2) is 4.99 Å². The molecule has 6 nitrogen and oxygen atoms in total. The summed E-state index contributed by atoms with van der Waals surface area (Å²) in [6.45, 7) is 6.13. The van der Waals surface area contributed by atoms with E-state index in [4.69, 9.17) is 9.47 Å². The molecule has 0 bridgehead atoms. The molecule has 0 aliphatic heterocycles. The van der Waals surface area contributed by atoms with E-state index < -0.39 is 0 Å². The van der Waals surface area contributed by atoms with Crippen molar-refractivity contribution in [2.45, 2.75) is 20.0 Å². The smallest absolute Gasteiger partial charge is 0.191 e. The number of nitrogens with one attached hydrogen (secondary N) is 2. The average molecular weight is 512 g/mol. The predicted molar refractivity (Wildman–Crippen MR) is 131 cm³/mol. The number of aliphatic imine (C=N–C) groups is 1. The van der Waals surface area contributed by atoms with Crippen molar-refractivity contribution < 1.29 is 9.47 Å². The Morgan fingerprint density at radius 1 is 0.966 bits per heavy atom. The van der Waals surface area contributed by atoms with Gasteiger partial charge in [-0.2, -0.15) is 0 Å². The first-order chi connectivity index (χ1) is 13.7. The van der Waals surface area contributed by atoms with Crippen LogP contribution in [-0.4, -0.2) is 51.8 Å². The zero-order valence-corrected chi connectivity index (χ0v) is 20.1. The quantitative estimate of drug-likeness (QED) is 0.290. The van der Waals surface area contributed by atoms with E-state index in [1.54, 1.807) is 14.2 Å². The molecule has 0 heterocycles. The molecule has 29 heavy (non-hydrogen) atoms. The largest absolute Gasteiger partial charge is 0.493 e. The lowest BCUT2D eigenvalue weighted by atomic mass is 10.2. The second kappa shape index (κ2) is 14.1. The van der Waals surface area contributed by atoms with Gasteiger partial charge in [-0.1, -0.05) is 36.4 Å². The molecule has 0 unspecified atom stereocenters. The van der Waals surface area contributed by atoms with E-state index in [1.165, 1.54) is 5.56 Å². The van der Waals surface area contributed by atoms with Crippen LogP contribution in [0.15, 0.2) is 53.5 Å². The maximum atomic E-state index is 5.36. The number of benzene rings is 2. The summed E-state index contributed by atoms with van der Waals surface area (Å²) in [6.07, 6.45) is 0. The standard InChI is InChI=1S/C22H32N4O2.HI/c1-5-23-22(24-13-14-26(2)17-18-9-7-6-8-10-18)25-16-19-11-12-20(27-3)21(15-19)28-4;/h6-12,15H,5,13-14,16-17H2,1-4H3,(H2,23,24,25);1H. The maximum absolute atomic E-state index is 5.36. The highest BCUT2D eigenvalue weighted by Gasteiger charge is 2.05. The number of hydrogen-bond donors (Lipinski definition) is 2. The summed E-state index contributed by atoms with van der Waals surface area (Å²) in [7, 11) is 5.41. The third-order valence-corrected chi connectivity index (χ3v) is 4.29. The molecule has 160 valence electrons. The van der Waals surface area contributed by atoms with E-state index in [0.717, 1.165) is 49.2 Å². The molecule has 0 aliphatic carbocycles. The number of ether oxygens (including phenoxy) is 2. The van der Waals surface area contributed by atoms with Crippen molar-refractivity contribution in [1.82, 2.24) is 15.5 Å². The predicted octanol–water partition coefficient (Wildman–Crippen LogP) is 3.51. The Labute approximate surface area is 191 Å². The molecule has 0 amide bonds. The number of guanidine groups is 1. The minimum atomic E-state index is 0. The lowest BCUT2D eigenvalue weighted by Crippen LogP contribution is -2.40. The van der Waals surface area contributed by atoms with E-state index in [9.17, 15) is 0 Å². The topological polar surface area (TPSA) is 58.1 Å². The monoisotopic (exact) mass is 512 g/mol. The molecule has 0 aliphatic rings. The van der Waals surface area contributed by atoms with Gasteiger partial charge in [-0.3, -0.25) is 0 Å². The summed E-state index contributed by atoms with van der Waals surface area (Å²) in [5.41, 5.74) is 2.38. The molecule has 2 aromatic rings. The van der Waals surface area contributed by atoms with Crippen molar-refractivity contribution in [2.75, 3.05) is 40.9 Å². The maximum Gasteiger partial charge on any atom is 0.191 e. The van der Waals surface area contributed by atoms with Crippen molar-refractivity contribution in [3.63, 3.8) is 0 Å². The van der Waals surface area contributed by atoms with Crippen LogP contribution in [0.25, 0.3) is 0 Å². The van der Waals surface area contributed by atoms with Gasteiger partial charge < -0.3 is 25.0 Å².